The molecule has 7 nitrogen and oxygen atoms in total. The summed E-state index contributed by atoms with van der Waals surface area (Å²) in [6, 6.07) is 12.4. The van der Waals surface area contributed by atoms with Crippen LogP contribution >= 0.6 is 35.0 Å². The molecule has 0 amide bonds. The lowest BCUT2D eigenvalue weighted by atomic mass is 10.1. The molecule has 0 aliphatic carbocycles. The number of carboxylic acids is 1. The maximum absolute atomic E-state index is 11.8. The van der Waals surface area contributed by atoms with Crippen LogP contribution in [0.1, 0.15) is 5.56 Å². The van der Waals surface area contributed by atoms with Crippen LogP contribution in [0.4, 0.5) is 0 Å². The minimum atomic E-state index is -0.984. The number of hydrogen-bond donors (Lipinski definition) is 1. The topological polar surface area (TPSA) is 93.3 Å². The van der Waals surface area contributed by atoms with Crippen LogP contribution in [0.25, 0.3) is 16.6 Å². The molecule has 2 heterocycles. The molecular formula is C17H11Cl2N5O2S. The van der Waals surface area contributed by atoms with E-state index in [-0.39, 0.29) is 6.42 Å². The third kappa shape index (κ3) is 3.55. The fourth-order valence-corrected chi connectivity index (χ4v) is 4.14. The van der Waals surface area contributed by atoms with E-state index in [1.54, 1.807) is 18.2 Å². The molecule has 0 saturated heterocycles. The van der Waals surface area contributed by atoms with Crippen molar-refractivity contribution in [1.82, 2.24) is 25.0 Å². The molecule has 1 atom stereocenters. The van der Waals surface area contributed by atoms with E-state index in [0.29, 0.717) is 31.9 Å². The van der Waals surface area contributed by atoms with Gasteiger partial charge < -0.3 is 5.11 Å². The van der Waals surface area contributed by atoms with Crippen molar-refractivity contribution >= 4 is 57.5 Å². The van der Waals surface area contributed by atoms with Gasteiger partial charge in [0.25, 0.3) is 0 Å². The zero-order valence-electron chi connectivity index (χ0n) is 13.6. The quantitative estimate of drug-likeness (QED) is 0.388. The molecule has 0 radical (unpaired) electrons. The van der Waals surface area contributed by atoms with Crippen LogP contribution in [0, 0.1) is 0 Å². The van der Waals surface area contributed by atoms with Gasteiger partial charge in [-0.05, 0) is 46.7 Å². The fourth-order valence-electron chi connectivity index (χ4n) is 2.66. The number of aromatic nitrogens is 5. The van der Waals surface area contributed by atoms with Crippen molar-refractivity contribution in [3.05, 3.63) is 58.1 Å². The highest BCUT2D eigenvalue weighted by Gasteiger charge is 2.24. The van der Waals surface area contributed by atoms with E-state index in [2.05, 4.69) is 20.5 Å². The number of carboxylic acid groups (broad SMARTS) is 1. The van der Waals surface area contributed by atoms with Gasteiger partial charge in [-0.1, -0.05) is 53.2 Å². The summed E-state index contributed by atoms with van der Waals surface area (Å²) >= 11 is 13.2. The van der Waals surface area contributed by atoms with E-state index < -0.39 is 11.2 Å². The lowest BCUT2D eigenvalue weighted by Crippen LogP contribution is -2.20. The van der Waals surface area contributed by atoms with Crippen molar-refractivity contribution in [2.75, 3.05) is 0 Å². The highest BCUT2D eigenvalue weighted by molar-refractivity contribution is 8.00. The predicted molar refractivity (Wildman–Crippen MR) is 104 cm³/mol. The molecule has 0 spiro atoms. The second kappa shape index (κ2) is 7.30. The van der Waals surface area contributed by atoms with Gasteiger partial charge in [-0.25, -0.2) is 4.98 Å². The summed E-state index contributed by atoms with van der Waals surface area (Å²) in [6.45, 7) is 0. The molecule has 0 aliphatic heterocycles. The molecule has 0 bridgehead atoms. The number of para-hydroxylation sites is 1. The Hall–Kier alpha value is -2.42. The van der Waals surface area contributed by atoms with Crippen LogP contribution in [0.3, 0.4) is 0 Å². The Morgan fingerprint density at radius 1 is 1.22 bits per heavy atom. The van der Waals surface area contributed by atoms with Crippen LogP contribution < -0.4 is 0 Å². The zero-order chi connectivity index (χ0) is 19.0. The van der Waals surface area contributed by atoms with Crippen LogP contribution in [0.2, 0.25) is 10.0 Å². The maximum atomic E-state index is 11.8. The molecule has 0 fully saturated rings. The number of halogens is 2. The molecule has 4 rings (SSSR count). The first kappa shape index (κ1) is 18.0. The SMILES string of the molecule is O=C(O)C(Cc1ccc(Cl)cc1Cl)Sc1nc2ccccc2c2nnnn12. The van der Waals surface area contributed by atoms with E-state index in [9.17, 15) is 9.90 Å². The van der Waals surface area contributed by atoms with Gasteiger partial charge in [0.15, 0.2) is 10.8 Å². The second-order valence-corrected chi connectivity index (χ2v) is 7.72. The minimum absolute atomic E-state index is 0.203. The molecule has 2 aromatic heterocycles. The van der Waals surface area contributed by atoms with Gasteiger partial charge in [-0.2, -0.15) is 4.52 Å². The average Bonchev–Trinajstić information content (AvgIpc) is 3.13. The summed E-state index contributed by atoms with van der Waals surface area (Å²) in [5.74, 6) is -0.984. The highest BCUT2D eigenvalue weighted by Crippen LogP contribution is 2.30. The van der Waals surface area contributed by atoms with Gasteiger partial charge in [-0.3, -0.25) is 4.79 Å². The molecule has 27 heavy (non-hydrogen) atoms. The van der Waals surface area contributed by atoms with Crippen LogP contribution in [-0.2, 0) is 11.2 Å². The lowest BCUT2D eigenvalue weighted by Gasteiger charge is -2.13. The van der Waals surface area contributed by atoms with Crippen molar-refractivity contribution in [2.24, 2.45) is 0 Å². The number of tetrazole rings is 1. The number of benzene rings is 2. The summed E-state index contributed by atoms with van der Waals surface area (Å²) in [6.07, 6.45) is 0.203. The summed E-state index contributed by atoms with van der Waals surface area (Å²) in [4.78, 5) is 16.4. The minimum Gasteiger partial charge on any atom is -0.480 e. The van der Waals surface area contributed by atoms with E-state index in [0.717, 1.165) is 17.1 Å². The molecule has 1 N–H and O–H groups in total. The van der Waals surface area contributed by atoms with Gasteiger partial charge in [0.05, 0.1) is 5.52 Å². The summed E-state index contributed by atoms with van der Waals surface area (Å²) < 4.78 is 1.45. The van der Waals surface area contributed by atoms with Gasteiger partial charge in [-0.15, -0.1) is 5.10 Å². The third-order valence-electron chi connectivity index (χ3n) is 3.96. The summed E-state index contributed by atoms with van der Waals surface area (Å²) in [5, 5.41) is 22.7. The normalized spacial score (nSPS) is 12.5. The maximum Gasteiger partial charge on any atom is 0.317 e. The van der Waals surface area contributed by atoms with Crippen LogP contribution in [-0.4, -0.2) is 41.4 Å². The number of thioether (sulfide) groups is 1. The Balaban J connectivity index is 1.73. The molecule has 2 aromatic carbocycles. The predicted octanol–water partition coefficient (Wildman–Crippen LogP) is 3.77. The van der Waals surface area contributed by atoms with Gasteiger partial charge in [0.2, 0.25) is 0 Å². The lowest BCUT2D eigenvalue weighted by molar-refractivity contribution is -0.136. The average molecular weight is 420 g/mol. The Morgan fingerprint density at radius 3 is 2.81 bits per heavy atom. The van der Waals surface area contributed by atoms with E-state index in [1.165, 1.54) is 4.52 Å². The summed E-state index contributed by atoms with van der Waals surface area (Å²) in [7, 11) is 0. The second-order valence-electron chi connectivity index (χ2n) is 5.71. The van der Waals surface area contributed by atoms with Crippen LogP contribution in [0.15, 0.2) is 47.6 Å². The van der Waals surface area contributed by atoms with Crippen molar-refractivity contribution < 1.29 is 9.90 Å². The highest BCUT2D eigenvalue weighted by atomic mass is 35.5. The van der Waals surface area contributed by atoms with E-state index in [4.69, 9.17) is 23.2 Å². The molecule has 10 heteroatoms. The Bertz CT molecular complexity index is 1170. The first-order valence-electron chi connectivity index (χ1n) is 7.83. The molecule has 0 saturated carbocycles. The van der Waals surface area contributed by atoms with Gasteiger partial charge in [0.1, 0.15) is 5.25 Å². The Labute approximate surface area is 167 Å². The number of nitrogens with zero attached hydrogens (tertiary/aromatic N) is 5. The van der Waals surface area contributed by atoms with Crippen molar-refractivity contribution in [2.45, 2.75) is 16.8 Å². The Morgan fingerprint density at radius 2 is 2.04 bits per heavy atom. The van der Waals surface area contributed by atoms with Gasteiger partial charge >= 0.3 is 5.97 Å². The third-order valence-corrected chi connectivity index (χ3v) is 5.67. The van der Waals surface area contributed by atoms with Crippen molar-refractivity contribution in [3.8, 4) is 0 Å². The van der Waals surface area contributed by atoms with Crippen molar-refractivity contribution in [1.29, 1.82) is 0 Å². The van der Waals surface area contributed by atoms with E-state index >= 15 is 0 Å². The Kier molecular flexibility index (Phi) is 4.86. The number of rotatable bonds is 5. The smallest absolute Gasteiger partial charge is 0.317 e. The first-order valence-corrected chi connectivity index (χ1v) is 9.46. The molecule has 136 valence electrons. The monoisotopic (exact) mass is 419 g/mol. The zero-order valence-corrected chi connectivity index (χ0v) is 15.9. The number of carbonyl (C=O) groups is 1. The number of aliphatic carboxylic acids is 1. The van der Waals surface area contributed by atoms with Gasteiger partial charge in [0, 0.05) is 15.4 Å². The number of hydrogen-bond acceptors (Lipinski definition) is 6. The fraction of sp³-hybridized carbons (Fsp3) is 0.118. The number of fused-ring (bicyclic) bond motifs is 3. The molecule has 0 aliphatic rings. The molecule has 1 unspecified atom stereocenters. The molecule has 4 aromatic rings. The first-order chi connectivity index (χ1) is 13.0. The summed E-state index contributed by atoms with van der Waals surface area (Å²) in [5.41, 5.74) is 1.91. The largest absolute Gasteiger partial charge is 0.480 e. The molecular weight excluding hydrogens is 409 g/mol. The van der Waals surface area contributed by atoms with Crippen molar-refractivity contribution in [3.63, 3.8) is 0 Å². The van der Waals surface area contributed by atoms with Crippen LogP contribution in [0.5, 0.6) is 0 Å². The van der Waals surface area contributed by atoms with E-state index in [1.807, 2.05) is 24.3 Å². The standard InChI is InChI=1S/C17H11Cl2N5O2S/c18-10-6-5-9(12(19)8-10)7-14(16(25)26)27-17-20-13-4-2-1-3-11(13)15-21-22-23-24(15)17/h1-6,8,14H,7H2,(H,25,26).